The summed E-state index contributed by atoms with van der Waals surface area (Å²) in [5.41, 5.74) is 0. The van der Waals surface area contributed by atoms with E-state index in [1.165, 1.54) is 36.7 Å². The Hall–Kier alpha value is -1.32. The molecular formula is C14H21NO6S2. The second kappa shape index (κ2) is 6.66. The second-order valence-electron chi connectivity index (χ2n) is 5.28. The molecule has 9 heteroatoms. The predicted molar refractivity (Wildman–Crippen MR) is 86.2 cm³/mol. The van der Waals surface area contributed by atoms with Crippen molar-refractivity contribution in [3.8, 4) is 11.5 Å². The largest absolute Gasteiger partial charge is 0.497 e. The summed E-state index contributed by atoms with van der Waals surface area (Å²) in [6.45, 7) is 1.89. The summed E-state index contributed by atoms with van der Waals surface area (Å²) in [5, 5.41) is 0. The average Bonchev–Trinajstić information content (AvgIpc) is 2.86. The van der Waals surface area contributed by atoms with Crippen molar-refractivity contribution in [3.63, 3.8) is 0 Å². The van der Waals surface area contributed by atoms with Gasteiger partial charge in [0.05, 0.1) is 25.7 Å². The molecule has 0 N–H and O–H groups in total. The first-order chi connectivity index (χ1) is 10.7. The monoisotopic (exact) mass is 363 g/mol. The van der Waals surface area contributed by atoms with Gasteiger partial charge in [-0.3, -0.25) is 0 Å². The Morgan fingerprint density at radius 1 is 1.26 bits per heavy atom. The first-order valence-electron chi connectivity index (χ1n) is 7.19. The molecule has 1 aromatic carbocycles. The van der Waals surface area contributed by atoms with E-state index in [2.05, 4.69) is 0 Å². The highest BCUT2D eigenvalue weighted by atomic mass is 32.2. The molecule has 2 rings (SSSR count). The summed E-state index contributed by atoms with van der Waals surface area (Å²) in [5.74, 6) is 0.526. The number of rotatable bonds is 6. The van der Waals surface area contributed by atoms with Gasteiger partial charge in [-0.15, -0.1) is 0 Å². The summed E-state index contributed by atoms with van der Waals surface area (Å²) in [6.07, 6.45) is 0.313. The van der Waals surface area contributed by atoms with Gasteiger partial charge in [0.1, 0.15) is 16.4 Å². The van der Waals surface area contributed by atoms with Crippen LogP contribution in [-0.4, -0.2) is 59.5 Å². The molecule has 1 fully saturated rings. The van der Waals surface area contributed by atoms with Crippen molar-refractivity contribution >= 4 is 19.9 Å². The van der Waals surface area contributed by atoms with Gasteiger partial charge in [0, 0.05) is 18.7 Å². The van der Waals surface area contributed by atoms with E-state index in [9.17, 15) is 16.8 Å². The van der Waals surface area contributed by atoms with Crippen molar-refractivity contribution in [2.45, 2.75) is 24.3 Å². The van der Waals surface area contributed by atoms with Crippen LogP contribution in [0.1, 0.15) is 13.3 Å². The highest BCUT2D eigenvalue weighted by Gasteiger charge is 2.39. The van der Waals surface area contributed by atoms with Crippen molar-refractivity contribution in [1.29, 1.82) is 0 Å². The van der Waals surface area contributed by atoms with Crippen LogP contribution in [0, 0.1) is 0 Å². The van der Waals surface area contributed by atoms with Gasteiger partial charge in [-0.05, 0) is 18.6 Å². The van der Waals surface area contributed by atoms with Crippen molar-refractivity contribution in [2.24, 2.45) is 0 Å². The fourth-order valence-electron chi connectivity index (χ4n) is 2.74. The van der Waals surface area contributed by atoms with Crippen molar-refractivity contribution in [2.75, 3.05) is 32.3 Å². The zero-order valence-electron chi connectivity index (χ0n) is 13.4. The molecule has 1 aliphatic rings. The van der Waals surface area contributed by atoms with Gasteiger partial charge in [-0.25, -0.2) is 16.8 Å². The van der Waals surface area contributed by atoms with E-state index >= 15 is 0 Å². The molecule has 130 valence electrons. The number of benzene rings is 1. The molecule has 0 amide bonds. The summed E-state index contributed by atoms with van der Waals surface area (Å²) >= 11 is 0. The molecule has 1 aromatic rings. The summed E-state index contributed by atoms with van der Waals surface area (Å²) in [7, 11) is -4.18. The van der Waals surface area contributed by atoms with Crippen LogP contribution in [0.3, 0.4) is 0 Å². The van der Waals surface area contributed by atoms with E-state index in [-0.39, 0.29) is 28.7 Å². The van der Waals surface area contributed by atoms with Crippen molar-refractivity contribution < 1.29 is 26.3 Å². The summed E-state index contributed by atoms with van der Waals surface area (Å²) in [6, 6.07) is 3.90. The van der Waals surface area contributed by atoms with Crippen LogP contribution in [0.4, 0.5) is 0 Å². The number of hydrogen-bond acceptors (Lipinski definition) is 6. The molecule has 0 bridgehead atoms. The summed E-state index contributed by atoms with van der Waals surface area (Å²) < 4.78 is 60.7. The Bertz CT molecular complexity index is 772. The third-order valence-electron chi connectivity index (χ3n) is 3.88. The first kappa shape index (κ1) is 18.0. The van der Waals surface area contributed by atoms with E-state index in [1.54, 1.807) is 6.92 Å². The van der Waals surface area contributed by atoms with E-state index in [4.69, 9.17) is 9.47 Å². The third kappa shape index (κ3) is 3.61. The van der Waals surface area contributed by atoms with Gasteiger partial charge in [0.2, 0.25) is 10.0 Å². The molecule has 1 atom stereocenters. The van der Waals surface area contributed by atoms with Crippen LogP contribution in [0.5, 0.6) is 11.5 Å². The molecular weight excluding hydrogens is 342 g/mol. The molecule has 1 aliphatic heterocycles. The zero-order valence-corrected chi connectivity index (χ0v) is 15.0. The average molecular weight is 363 g/mol. The Morgan fingerprint density at radius 3 is 2.43 bits per heavy atom. The lowest BCUT2D eigenvalue weighted by molar-refractivity contribution is 0.348. The molecule has 0 radical (unpaired) electrons. The molecule has 0 spiro atoms. The maximum atomic E-state index is 13.0. The minimum atomic E-state index is -3.86. The maximum Gasteiger partial charge on any atom is 0.247 e. The number of ether oxygens (including phenoxy) is 2. The topological polar surface area (TPSA) is 90.0 Å². The van der Waals surface area contributed by atoms with Crippen LogP contribution in [0.2, 0.25) is 0 Å². The zero-order chi connectivity index (χ0) is 17.3. The quantitative estimate of drug-likeness (QED) is 0.746. The standard InChI is InChI=1S/C14H21NO6S2/c1-4-15(11-7-8-22(16,17)10-11)23(18,19)14-6-5-12(20-2)9-13(14)21-3/h5-6,9,11H,4,7-8,10H2,1-3H3/t11-/m1/s1. The van der Waals surface area contributed by atoms with Gasteiger partial charge in [-0.2, -0.15) is 4.31 Å². The number of sulfone groups is 1. The van der Waals surface area contributed by atoms with Crippen LogP contribution in [0.15, 0.2) is 23.1 Å². The van der Waals surface area contributed by atoms with Crippen LogP contribution in [-0.2, 0) is 19.9 Å². The smallest absolute Gasteiger partial charge is 0.247 e. The minimum absolute atomic E-state index is 0.00643. The Kier molecular flexibility index (Phi) is 5.22. The highest BCUT2D eigenvalue weighted by Crippen LogP contribution is 2.32. The Labute approximate surface area is 137 Å². The van der Waals surface area contributed by atoms with Gasteiger partial charge < -0.3 is 9.47 Å². The van der Waals surface area contributed by atoms with Gasteiger partial charge in [0.25, 0.3) is 0 Å². The fraction of sp³-hybridized carbons (Fsp3) is 0.571. The van der Waals surface area contributed by atoms with E-state index < -0.39 is 25.9 Å². The number of hydrogen-bond donors (Lipinski definition) is 0. The molecule has 0 aromatic heterocycles. The highest BCUT2D eigenvalue weighted by molar-refractivity contribution is 7.92. The predicted octanol–water partition coefficient (Wildman–Crippen LogP) is 0.901. The lowest BCUT2D eigenvalue weighted by Crippen LogP contribution is -2.41. The molecule has 1 saturated heterocycles. The number of sulfonamides is 1. The normalized spacial score (nSPS) is 20.6. The maximum absolute atomic E-state index is 13.0. The molecule has 23 heavy (non-hydrogen) atoms. The van der Waals surface area contributed by atoms with Gasteiger partial charge in [-0.1, -0.05) is 6.92 Å². The lowest BCUT2D eigenvalue weighted by Gasteiger charge is -2.26. The Morgan fingerprint density at radius 2 is 1.96 bits per heavy atom. The molecule has 0 aliphatic carbocycles. The third-order valence-corrected chi connectivity index (χ3v) is 7.70. The minimum Gasteiger partial charge on any atom is -0.497 e. The van der Waals surface area contributed by atoms with Crippen molar-refractivity contribution in [1.82, 2.24) is 4.31 Å². The van der Waals surface area contributed by atoms with Crippen LogP contribution >= 0.6 is 0 Å². The number of nitrogens with zero attached hydrogens (tertiary/aromatic N) is 1. The number of methoxy groups -OCH3 is 2. The molecule has 7 nitrogen and oxygen atoms in total. The SMILES string of the molecule is CCN([C@@H]1CCS(=O)(=O)C1)S(=O)(=O)c1ccc(OC)cc1OC. The molecule has 0 unspecified atom stereocenters. The van der Waals surface area contributed by atoms with Crippen molar-refractivity contribution in [3.05, 3.63) is 18.2 Å². The summed E-state index contributed by atoms with van der Waals surface area (Å²) in [4.78, 5) is 0.00643. The lowest BCUT2D eigenvalue weighted by atomic mass is 10.3. The van der Waals surface area contributed by atoms with Gasteiger partial charge >= 0.3 is 0 Å². The second-order valence-corrected chi connectivity index (χ2v) is 9.37. The Balaban J connectivity index is 2.44. The van der Waals surface area contributed by atoms with Crippen LogP contribution in [0.25, 0.3) is 0 Å². The molecule has 0 saturated carbocycles. The van der Waals surface area contributed by atoms with Crippen LogP contribution < -0.4 is 9.47 Å². The van der Waals surface area contributed by atoms with Gasteiger partial charge in [0.15, 0.2) is 9.84 Å². The van der Waals surface area contributed by atoms with E-state index in [0.717, 1.165) is 0 Å². The molecule has 1 heterocycles. The fourth-order valence-corrected chi connectivity index (χ4v) is 6.37. The first-order valence-corrected chi connectivity index (χ1v) is 10.5. The van der Waals surface area contributed by atoms with E-state index in [1.807, 2.05) is 0 Å². The van der Waals surface area contributed by atoms with E-state index in [0.29, 0.717) is 12.2 Å².